The quantitative estimate of drug-likeness (QED) is 0.386. The molecule has 0 spiro atoms. The highest BCUT2D eigenvalue weighted by molar-refractivity contribution is 6.11. The first-order valence-corrected chi connectivity index (χ1v) is 13.4. The molecule has 2 aliphatic rings. The van der Waals surface area contributed by atoms with Gasteiger partial charge in [0.05, 0.1) is 30.6 Å². The molecule has 6 rings (SSSR count). The van der Waals surface area contributed by atoms with Gasteiger partial charge in [0.25, 0.3) is 5.91 Å². The fraction of sp³-hybridized carbons (Fsp3) is 0.379. The number of likely N-dealkylation sites (tertiary alicyclic amines) is 1. The van der Waals surface area contributed by atoms with E-state index in [4.69, 9.17) is 4.74 Å². The van der Waals surface area contributed by atoms with Crippen LogP contribution in [-0.2, 0) is 17.8 Å². The number of ether oxygens (including phenoxy) is 1. The Morgan fingerprint density at radius 1 is 0.842 bits per heavy atom. The zero-order valence-corrected chi connectivity index (χ0v) is 21.5. The van der Waals surface area contributed by atoms with E-state index < -0.39 is 0 Å². The van der Waals surface area contributed by atoms with Gasteiger partial charge in [-0.15, -0.1) is 0 Å². The van der Waals surface area contributed by atoms with Crippen LogP contribution in [0.1, 0.15) is 40.9 Å². The second-order valence-electron chi connectivity index (χ2n) is 10.2. The van der Waals surface area contributed by atoms with Crippen molar-refractivity contribution >= 4 is 22.5 Å². The van der Waals surface area contributed by atoms with Crippen molar-refractivity contribution in [3.8, 4) is 11.1 Å². The number of fused-ring (bicyclic) bond motifs is 1. The number of hydrogen-bond donors (Lipinski definition) is 2. The second-order valence-corrected chi connectivity index (χ2v) is 10.2. The number of carbonyl (C=O) groups excluding carboxylic acids is 1. The largest absolute Gasteiger partial charge is 0.379 e. The number of rotatable bonds is 7. The van der Waals surface area contributed by atoms with Crippen molar-refractivity contribution in [1.82, 2.24) is 30.0 Å². The molecule has 0 unspecified atom stereocenters. The summed E-state index contributed by atoms with van der Waals surface area (Å²) in [5.74, 6) is -0.260. The van der Waals surface area contributed by atoms with Gasteiger partial charge in [0.2, 0.25) is 0 Å². The Bertz CT molecular complexity index is 1410. The lowest BCUT2D eigenvalue weighted by molar-refractivity contribution is 0.0341. The first-order valence-electron chi connectivity index (χ1n) is 13.4. The molecule has 0 saturated carbocycles. The van der Waals surface area contributed by atoms with Crippen molar-refractivity contribution < 1.29 is 9.53 Å². The van der Waals surface area contributed by atoms with Crippen molar-refractivity contribution in [2.75, 3.05) is 44.7 Å². The number of morpholine rings is 1. The van der Waals surface area contributed by atoms with Crippen LogP contribution in [0.4, 0.5) is 5.69 Å². The Kier molecular flexibility index (Phi) is 7.39. The molecule has 5 heterocycles. The molecule has 2 N–H and O–H groups in total. The average Bonchev–Trinajstić information content (AvgIpc) is 3.38. The van der Waals surface area contributed by atoms with Crippen LogP contribution in [0.2, 0.25) is 0 Å². The van der Waals surface area contributed by atoms with E-state index in [2.05, 4.69) is 41.3 Å². The summed E-state index contributed by atoms with van der Waals surface area (Å²) >= 11 is 0. The number of amides is 1. The summed E-state index contributed by atoms with van der Waals surface area (Å²) in [6, 6.07) is 10.2. The van der Waals surface area contributed by atoms with Gasteiger partial charge in [-0.1, -0.05) is 12.5 Å². The molecule has 38 heavy (non-hydrogen) atoms. The van der Waals surface area contributed by atoms with Crippen LogP contribution in [0.25, 0.3) is 22.0 Å². The molecule has 196 valence electrons. The van der Waals surface area contributed by atoms with Gasteiger partial charge in [-0.05, 0) is 66.9 Å². The van der Waals surface area contributed by atoms with E-state index in [1.807, 2.05) is 42.9 Å². The molecule has 1 aromatic carbocycles. The maximum Gasteiger partial charge on any atom is 0.276 e. The van der Waals surface area contributed by atoms with Crippen LogP contribution < -0.4 is 5.32 Å². The molecule has 1 amide bonds. The monoisotopic (exact) mass is 511 g/mol. The third kappa shape index (κ3) is 5.75. The smallest absolute Gasteiger partial charge is 0.276 e. The zero-order chi connectivity index (χ0) is 25.7. The molecule has 3 aromatic heterocycles. The minimum Gasteiger partial charge on any atom is -0.379 e. The molecular weight excluding hydrogens is 478 g/mol. The zero-order valence-electron chi connectivity index (χ0n) is 21.5. The molecule has 2 aliphatic heterocycles. The van der Waals surface area contributed by atoms with Crippen molar-refractivity contribution in [3.63, 3.8) is 0 Å². The fourth-order valence-electron chi connectivity index (χ4n) is 5.32. The highest BCUT2D eigenvalue weighted by Crippen LogP contribution is 2.27. The summed E-state index contributed by atoms with van der Waals surface area (Å²) in [5, 5.41) is 11.1. The number of aromatic nitrogens is 4. The Morgan fingerprint density at radius 3 is 2.39 bits per heavy atom. The highest BCUT2D eigenvalue weighted by Gasteiger charge is 2.17. The summed E-state index contributed by atoms with van der Waals surface area (Å²) in [6.07, 6.45) is 11.1. The summed E-state index contributed by atoms with van der Waals surface area (Å²) in [6.45, 7) is 7.33. The van der Waals surface area contributed by atoms with Gasteiger partial charge in [-0.2, -0.15) is 5.10 Å². The van der Waals surface area contributed by atoms with Gasteiger partial charge < -0.3 is 10.1 Å². The van der Waals surface area contributed by atoms with E-state index >= 15 is 0 Å². The van der Waals surface area contributed by atoms with Crippen molar-refractivity contribution in [3.05, 3.63) is 71.9 Å². The lowest BCUT2D eigenvalue weighted by Gasteiger charge is -2.26. The molecular formula is C29H33N7O2. The maximum absolute atomic E-state index is 13.3. The van der Waals surface area contributed by atoms with Gasteiger partial charge in [-0.25, -0.2) is 0 Å². The lowest BCUT2D eigenvalue weighted by atomic mass is 10.0. The van der Waals surface area contributed by atoms with Crippen molar-refractivity contribution in [2.45, 2.75) is 32.4 Å². The number of pyridine rings is 2. The van der Waals surface area contributed by atoms with Crippen molar-refractivity contribution in [2.24, 2.45) is 0 Å². The number of hydrogen-bond acceptors (Lipinski definition) is 7. The first kappa shape index (κ1) is 24.7. The standard InChI is InChI=1S/C29H33N7O2/c37-29(32-25-13-22(16-31-18-25)20-35-6-2-1-3-7-35)28-26-14-23(4-5-27(26)33-34-28)24-12-21(15-30-17-24)19-36-8-10-38-11-9-36/h4-5,12-18H,1-3,6-11,19-20H2,(H,32,37)(H,33,34). The normalized spacial score (nSPS) is 17.1. The molecule has 9 nitrogen and oxygen atoms in total. The number of aromatic amines is 1. The third-order valence-electron chi connectivity index (χ3n) is 7.32. The predicted octanol–water partition coefficient (Wildman–Crippen LogP) is 4.09. The maximum atomic E-state index is 13.3. The number of anilines is 1. The van der Waals surface area contributed by atoms with Crippen LogP contribution in [-0.4, -0.2) is 75.3 Å². The minimum absolute atomic E-state index is 0.260. The molecule has 0 atom stereocenters. The Labute approximate surface area is 222 Å². The van der Waals surface area contributed by atoms with Gasteiger partial charge in [-0.3, -0.25) is 29.7 Å². The van der Waals surface area contributed by atoms with Gasteiger partial charge in [0.1, 0.15) is 0 Å². The lowest BCUT2D eigenvalue weighted by Crippen LogP contribution is -2.35. The predicted molar refractivity (Wildman–Crippen MR) is 147 cm³/mol. The van der Waals surface area contributed by atoms with Crippen LogP contribution >= 0.6 is 0 Å². The fourth-order valence-corrected chi connectivity index (χ4v) is 5.32. The molecule has 2 saturated heterocycles. The Morgan fingerprint density at radius 2 is 1.58 bits per heavy atom. The molecule has 0 bridgehead atoms. The van der Waals surface area contributed by atoms with E-state index in [0.717, 1.165) is 85.6 Å². The van der Waals surface area contributed by atoms with E-state index in [1.54, 1.807) is 6.20 Å². The summed E-state index contributed by atoms with van der Waals surface area (Å²) < 4.78 is 5.46. The van der Waals surface area contributed by atoms with Crippen LogP contribution in [0, 0.1) is 0 Å². The van der Waals surface area contributed by atoms with Crippen LogP contribution in [0.15, 0.2) is 55.1 Å². The minimum atomic E-state index is -0.260. The summed E-state index contributed by atoms with van der Waals surface area (Å²) in [4.78, 5) is 26.9. The molecule has 2 fully saturated rings. The molecule has 0 aliphatic carbocycles. The van der Waals surface area contributed by atoms with Gasteiger partial charge >= 0.3 is 0 Å². The van der Waals surface area contributed by atoms with E-state index in [9.17, 15) is 4.79 Å². The first-order chi connectivity index (χ1) is 18.7. The molecule has 4 aromatic rings. The number of carbonyl (C=O) groups is 1. The topological polar surface area (TPSA) is 99.3 Å². The summed E-state index contributed by atoms with van der Waals surface area (Å²) in [5.41, 5.74) is 6.12. The number of nitrogens with one attached hydrogen (secondary N) is 2. The van der Waals surface area contributed by atoms with E-state index in [1.165, 1.54) is 19.3 Å². The second kappa shape index (κ2) is 11.4. The van der Waals surface area contributed by atoms with Gasteiger partial charge in [0.15, 0.2) is 5.69 Å². The summed E-state index contributed by atoms with van der Waals surface area (Å²) in [7, 11) is 0. The average molecular weight is 512 g/mol. The van der Waals surface area contributed by atoms with Crippen LogP contribution in [0.5, 0.6) is 0 Å². The third-order valence-corrected chi connectivity index (χ3v) is 7.32. The number of nitrogens with zero attached hydrogens (tertiary/aromatic N) is 5. The SMILES string of the molecule is O=C(Nc1cncc(CN2CCCCC2)c1)c1n[nH]c2ccc(-c3cncc(CN4CCOCC4)c3)cc12. The van der Waals surface area contributed by atoms with E-state index in [-0.39, 0.29) is 5.91 Å². The van der Waals surface area contributed by atoms with Crippen molar-refractivity contribution in [1.29, 1.82) is 0 Å². The number of benzene rings is 1. The van der Waals surface area contributed by atoms with Gasteiger partial charge in [0, 0.05) is 55.7 Å². The molecule has 0 radical (unpaired) electrons. The Hall–Kier alpha value is -3.66. The Balaban J connectivity index is 1.19. The highest BCUT2D eigenvalue weighted by atomic mass is 16.5. The van der Waals surface area contributed by atoms with Crippen LogP contribution in [0.3, 0.4) is 0 Å². The van der Waals surface area contributed by atoms with E-state index in [0.29, 0.717) is 11.4 Å². The number of H-pyrrole nitrogens is 1. The molecule has 9 heteroatoms. The number of piperidine rings is 1.